The maximum absolute atomic E-state index is 12.3. The molecule has 0 aromatic carbocycles. The molecule has 1 N–H and O–H groups in total. The van der Waals surface area contributed by atoms with E-state index in [1.807, 2.05) is 23.8 Å². The fraction of sp³-hybridized carbons (Fsp3) is 0.500. The first-order chi connectivity index (χ1) is 11.2. The lowest BCUT2D eigenvalue weighted by molar-refractivity contribution is -0.152. The molecule has 2 aliphatic heterocycles. The Morgan fingerprint density at radius 3 is 3.30 bits per heavy atom. The van der Waals surface area contributed by atoms with Gasteiger partial charge in [-0.1, -0.05) is 0 Å². The largest absolute Gasteiger partial charge is 0.469 e. The molecule has 2 aliphatic rings. The summed E-state index contributed by atoms with van der Waals surface area (Å²) in [6.07, 6.45) is 3.87. The summed E-state index contributed by atoms with van der Waals surface area (Å²) in [7, 11) is 1.49. The number of carbonyl (C=O) groups is 1. The van der Waals surface area contributed by atoms with Gasteiger partial charge < -0.3 is 10.1 Å². The van der Waals surface area contributed by atoms with Crippen LogP contribution in [0.15, 0.2) is 29.9 Å². The molecule has 0 bridgehead atoms. The highest BCUT2D eigenvalue weighted by Gasteiger charge is 2.55. The number of nitrogens with zero attached hydrogens (tertiary/aromatic N) is 3. The second-order valence-corrected chi connectivity index (χ2v) is 7.20. The molecule has 2 fully saturated rings. The van der Waals surface area contributed by atoms with Crippen molar-refractivity contribution in [1.29, 1.82) is 0 Å². The molecule has 122 valence electrons. The molecule has 0 amide bonds. The number of thiazole rings is 1. The van der Waals surface area contributed by atoms with Crippen molar-refractivity contribution in [1.82, 2.24) is 19.8 Å². The quantitative estimate of drug-likeness (QED) is 0.851. The number of hydrogen-bond acceptors (Lipinski definition) is 6. The van der Waals surface area contributed by atoms with Crippen molar-refractivity contribution in [2.75, 3.05) is 33.3 Å². The van der Waals surface area contributed by atoms with Gasteiger partial charge in [-0.3, -0.25) is 14.3 Å². The van der Waals surface area contributed by atoms with E-state index in [1.165, 1.54) is 12.8 Å². The minimum Gasteiger partial charge on any atom is -0.469 e. The topological polar surface area (TPSA) is 59.4 Å². The van der Waals surface area contributed by atoms with Crippen LogP contribution in [-0.4, -0.2) is 53.7 Å². The smallest absolute Gasteiger partial charge is 0.314 e. The van der Waals surface area contributed by atoms with Gasteiger partial charge >= 0.3 is 5.97 Å². The summed E-state index contributed by atoms with van der Waals surface area (Å²) in [4.78, 5) is 19.1. The molecule has 0 saturated carbocycles. The third kappa shape index (κ3) is 2.39. The number of carbonyl (C=O) groups excluding carboxylic acids is 1. The highest BCUT2D eigenvalue weighted by Crippen LogP contribution is 2.40. The van der Waals surface area contributed by atoms with Crippen LogP contribution in [0.2, 0.25) is 0 Å². The van der Waals surface area contributed by atoms with E-state index in [0.717, 1.165) is 31.3 Å². The normalized spacial score (nSPS) is 27.3. The summed E-state index contributed by atoms with van der Waals surface area (Å²) in [6.45, 7) is 4.10. The summed E-state index contributed by atoms with van der Waals surface area (Å²) in [6, 6.07) is 4.17. The predicted octanol–water partition coefficient (Wildman–Crippen LogP) is 1.13. The van der Waals surface area contributed by atoms with E-state index in [9.17, 15) is 4.79 Å². The third-order valence-corrected chi connectivity index (χ3v) is 5.80. The first-order valence-electron chi connectivity index (χ1n) is 7.80. The number of esters is 1. The standard InChI is InChI=1S/C16H20N4O2S/c1-22-14(21)16-10-17-7-12(16)8-19(11-16)9-13-3-2-5-20(13)15-18-4-6-23-15/h2-6,12,17H,7-11H2,1H3/t12-,16-/m0/s1. The highest BCUT2D eigenvalue weighted by molar-refractivity contribution is 7.12. The predicted molar refractivity (Wildman–Crippen MR) is 87.5 cm³/mol. The maximum Gasteiger partial charge on any atom is 0.314 e. The average molecular weight is 332 g/mol. The minimum atomic E-state index is -0.382. The Bertz CT molecular complexity index is 699. The number of hydrogen-bond donors (Lipinski definition) is 1. The van der Waals surface area contributed by atoms with Gasteiger partial charge in [-0.2, -0.15) is 0 Å². The summed E-state index contributed by atoms with van der Waals surface area (Å²) >= 11 is 1.63. The molecule has 7 heteroatoms. The fourth-order valence-electron chi connectivity index (χ4n) is 3.93. The average Bonchev–Trinajstić information content (AvgIpc) is 3.29. The lowest BCUT2D eigenvalue weighted by Crippen LogP contribution is -2.41. The molecular weight excluding hydrogens is 312 g/mol. The van der Waals surface area contributed by atoms with Gasteiger partial charge in [0.15, 0.2) is 5.13 Å². The van der Waals surface area contributed by atoms with Crippen molar-refractivity contribution in [3.63, 3.8) is 0 Å². The number of ether oxygens (including phenoxy) is 1. The summed E-state index contributed by atoms with van der Waals surface area (Å²) in [5.74, 6) is 0.253. The van der Waals surface area contributed by atoms with E-state index in [1.54, 1.807) is 11.3 Å². The molecule has 2 aromatic heterocycles. The Labute approximate surface area is 139 Å². The number of nitrogens with one attached hydrogen (secondary N) is 1. The number of fused-ring (bicyclic) bond motifs is 1. The second-order valence-electron chi connectivity index (χ2n) is 6.33. The van der Waals surface area contributed by atoms with Crippen molar-refractivity contribution >= 4 is 17.3 Å². The van der Waals surface area contributed by atoms with Gasteiger partial charge in [-0.05, 0) is 12.1 Å². The van der Waals surface area contributed by atoms with E-state index >= 15 is 0 Å². The van der Waals surface area contributed by atoms with E-state index < -0.39 is 0 Å². The van der Waals surface area contributed by atoms with Gasteiger partial charge in [0.2, 0.25) is 0 Å². The van der Waals surface area contributed by atoms with Crippen LogP contribution in [0.3, 0.4) is 0 Å². The minimum absolute atomic E-state index is 0.0784. The number of likely N-dealkylation sites (tertiary alicyclic amines) is 1. The third-order valence-electron chi connectivity index (χ3n) is 5.03. The van der Waals surface area contributed by atoms with Crippen molar-refractivity contribution in [3.05, 3.63) is 35.6 Å². The second kappa shape index (κ2) is 5.74. The Kier molecular flexibility index (Phi) is 3.71. The molecule has 2 atom stereocenters. The molecule has 2 saturated heterocycles. The SMILES string of the molecule is COC(=O)[C@]12CNC[C@H]1CN(Cc1cccn1-c1nccs1)C2. The molecule has 4 heterocycles. The van der Waals surface area contributed by atoms with Crippen LogP contribution in [0.25, 0.3) is 5.13 Å². The first-order valence-corrected chi connectivity index (χ1v) is 8.68. The molecule has 23 heavy (non-hydrogen) atoms. The summed E-state index contributed by atoms with van der Waals surface area (Å²) in [5, 5.41) is 6.32. The van der Waals surface area contributed by atoms with Gasteiger partial charge in [-0.25, -0.2) is 4.98 Å². The van der Waals surface area contributed by atoms with Gasteiger partial charge in [0.1, 0.15) is 0 Å². The van der Waals surface area contributed by atoms with E-state index in [2.05, 4.69) is 25.8 Å². The maximum atomic E-state index is 12.3. The molecule has 0 spiro atoms. The number of rotatable bonds is 4. The van der Waals surface area contributed by atoms with E-state index in [4.69, 9.17) is 4.74 Å². The lowest BCUT2D eigenvalue weighted by Gasteiger charge is -2.24. The molecule has 4 rings (SSSR count). The molecular formula is C16H20N4O2S. The summed E-state index contributed by atoms with van der Waals surface area (Å²) < 4.78 is 7.21. The van der Waals surface area contributed by atoms with Crippen molar-refractivity contribution < 1.29 is 9.53 Å². The van der Waals surface area contributed by atoms with Crippen LogP contribution < -0.4 is 5.32 Å². The van der Waals surface area contributed by atoms with E-state index in [0.29, 0.717) is 12.5 Å². The van der Waals surface area contributed by atoms with Crippen LogP contribution in [0.5, 0.6) is 0 Å². The Balaban J connectivity index is 1.54. The zero-order chi connectivity index (χ0) is 15.9. The summed E-state index contributed by atoms with van der Waals surface area (Å²) in [5.41, 5.74) is 0.820. The van der Waals surface area contributed by atoms with Crippen LogP contribution in [0.1, 0.15) is 5.69 Å². The zero-order valence-electron chi connectivity index (χ0n) is 13.1. The van der Waals surface area contributed by atoms with Crippen molar-refractivity contribution in [2.45, 2.75) is 6.54 Å². The Morgan fingerprint density at radius 1 is 1.61 bits per heavy atom. The van der Waals surface area contributed by atoms with Gasteiger partial charge in [0.05, 0.1) is 12.5 Å². The van der Waals surface area contributed by atoms with Crippen LogP contribution in [-0.2, 0) is 16.1 Å². The van der Waals surface area contributed by atoms with Crippen LogP contribution in [0, 0.1) is 11.3 Å². The Morgan fingerprint density at radius 2 is 2.52 bits per heavy atom. The van der Waals surface area contributed by atoms with Gasteiger partial charge in [0.25, 0.3) is 0 Å². The van der Waals surface area contributed by atoms with Crippen molar-refractivity contribution in [3.8, 4) is 5.13 Å². The Hall–Kier alpha value is -1.70. The van der Waals surface area contributed by atoms with Crippen LogP contribution in [0.4, 0.5) is 0 Å². The monoisotopic (exact) mass is 332 g/mol. The van der Waals surface area contributed by atoms with E-state index in [-0.39, 0.29) is 11.4 Å². The molecule has 0 radical (unpaired) electrons. The van der Waals surface area contributed by atoms with Crippen LogP contribution >= 0.6 is 11.3 Å². The molecule has 6 nitrogen and oxygen atoms in total. The highest BCUT2D eigenvalue weighted by atomic mass is 32.1. The lowest BCUT2D eigenvalue weighted by atomic mass is 9.81. The fourth-order valence-corrected chi connectivity index (χ4v) is 4.59. The van der Waals surface area contributed by atoms with Gasteiger partial charge in [-0.15, -0.1) is 11.3 Å². The molecule has 2 aromatic rings. The molecule has 0 aliphatic carbocycles. The zero-order valence-corrected chi connectivity index (χ0v) is 13.9. The molecule has 0 unspecified atom stereocenters. The van der Waals surface area contributed by atoms with Gasteiger partial charge in [0, 0.05) is 62.1 Å². The first kappa shape index (κ1) is 14.9. The number of methoxy groups -OCH3 is 1. The van der Waals surface area contributed by atoms with Crippen molar-refractivity contribution in [2.24, 2.45) is 11.3 Å². The number of aromatic nitrogens is 2.